The van der Waals surface area contributed by atoms with E-state index < -0.39 is 23.5 Å². The first-order valence-electron chi connectivity index (χ1n) is 7.06. The molecule has 0 atom stereocenters. The van der Waals surface area contributed by atoms with Gasteiger partial charge in [-0.1, -0.05) is 0 Å². The zero-order valence-corrected chi connectivity index (χ0v) is 13.6. The van der Waals surface area contributed by atoms with Crippen LogP contribution in [-0.2, 0) is 6.18 Å². The molecule has 9 heteroatoms. The quantitative estimate of drug-likeness (QED) is 0.757. The molecule has 0 saturated heterocycles. The number of carbonyl (C=O) groups excluding carboxylic acids is 1. The van der Waals surface area contributed by atoms with Gasteiger partial charge in [0.2, 0.25) is 0 Å². The number of aromatic nitrogens is 3. The summed E-state index contributed by atoms with van der Waals surface area (Å²) < 4.78 is 40.1. The van der Waals surface area contributed by atoms with E-state index in [2.05, 4.69) is 20.3 Å². The predicted molar refractivity (Wildman–Crippen MR) is 87.3 cm³/mol. The maximum absolute atomic E-state index is 13.4. The second-order valence-corrected chi connectivity index (χ2v) is 6.03. The van der Waals surface area contributed by atoms with Gasteiger partial charge >= 0.3 is 6.18 Å². The summed E-state index contributed by atoms with van der Waals surface area (Å²) in [4.78, 5) is 23.4. The molecule has 0 unspecified atom stereocenters. The van der Waals surface area contributed by atoms with Crippen molar-refractivity contribution in [1.29, 1.82) is 0 Å². The summed E-state index contributed by atoms with van der Waals surface area (Å²) >= 11 is 1.03. The summed E-state index contributed by atoms with van der Waals surface area (Å²) in [7, 11) is 0. The third kappa shape index (κ3) is 3.82. The van der Waals surface area contributed by atoms with Crippen LogP contribution in [0.4, 0.5) is 18.9 Å². The van der Waals surface area contributed by atoms with E-state index in [0.29, 0.717) is 5.56 Å². The molecule has 25 heavy (non-hydrogen) atoms. The number of rotatable bonds is 3. The van der Waals surface area contributed by atoms with Crippen LogP contribution in [-0.4, -0.2) is 20.9 Å². The molecular weight excluding hydrogens is 353 g/mol. The van der Waals surface area contributed by atoms with Gasteiger partial charge in [-0.05, 0) is 30.7 Å². The lowest BCUT2D eigenvalue weighted by atomic mass is 10.1. The Morgan fingerprint density at radius 3 is 2.68 bits per heavy atom. The number of alkyl halides is 3. The number of thiazole rings is 1. The van der Waals surface area contributed by atoms with Crippen molar-refractivity contribution in [1.82, 2.24) is 15.0 Å². The monoisotopic (exact) mass is 364 g/mol. The Bertz CT molecular complexity index is 910. The largest absolute Gasteiger partial charge is 0.435 e. The Morgan fingerprint density at radius 2 is 2.04 bits per heavy atom. The van der Waals surface area contributed by atoms with Gasteiger partial charge in [0.25, 0.3) is 5.91 Å². The number of carbonyl (C=O) groups is 1. The molecule has 3 heterocycles. The topological polar surface area (TPSA) is 67.8 Å². The third-order valence-electron chi connectivity index (χ3n) is 3.21. The molecule has 0 radical (unpaired) electrons. The van der Waals surface area contributed by atoms with E-state index in [-0.39, 0.29) is 10.7 Å². The van der Waals surface area contributed by atoms with Crippen LogP contribution in [0.15, 0.2) is 42.2 Å². The third-order valence-corrected chi connectivity index (χ3v) is 3.98. The number of hydrogen-bond donors (Lipinski definition) is 1. The van der Waals surface area contributed by atoms with E-state index in [1.807, 2.05) is 0 Å². The molecule has 3 rings (SSSR count). The van der Waals surface area contributed by atoms with E-state index >= 15 is 0 Å². The van der Waals surface area contributed by atoms with E-state index in [9.17, 15) is 18.0 Å². The van der Waals surface area contributed by atoms with Gasteiger partial charge in [0.05, 0.1) is 11.4 Å². The first kappa shape index (κ1) is 17.0. The number of hydrogen-bond acceptors (Lipinski definition) is 5. The summed E-state index contributed by atoms with van der Waals surface area (Å²) in [6.07, 6.45) is -0.296. The Hall–Kier alpha value is -2.81. The van der Waals surface area contributed by atoms with Gasteiger partial charge in [-0.15, -0.1) is 11.3 Å². The number of nitrogens with zero attached hydrogens (tertiary/aromatic N) is 3. The van der Waals surface area contributed by atoms with E-state index in [1.165, 1.54) is 24.5 Å². The van der Waals surface area contributed by atoms with Crippen LogP contribution in [0, 0.1) is 6.92 Å². The van der Waals surface area contributed by atoms with Crippen LogP contribution >= 0.6 is 11.3 Å². The van der Waals surface area contributed by atoms with Crippen LogP contribution in [0.25, 0.3) is 11.3 Å². The molecule has 0 aliphatic carbocycles. The smallest absolute Gasteiger partial charge is 0.318 e. The van der Waals surface area contributed by atoms with Crippen LogP contribution in [0.3, 0.4) is 0 Å². The molecule has 0 aliphatic heterocycles. The van der Waals surface area contributed by atoms with Gasteiger partial charge in [-0.25, -0.2) is 9.97 Å². The fourth-order valence-electron chi connectivity index (χ4n) is 2.14. The summed E-state index contributed by atoms with van der Waals surface area (Å²) in [5.74, 6) is -0.715. The first-order valence-corrected chi connectivity index (χ1v) is 7.93. The van der Waals surface area contributed by atoms with Crippen molar-refractivity contribution in [2.75, 3.05) is 5.32 Å². The zero-order chi connectivity index (χ0) is 18.0. The lowest BCUT2D eigenvalue weighted by Crippen LogP contribution is -2.18. The number of anilines is 1. The highest BCUT2D eigenvalue weighted by Crippen LogP contribution is 2.35. The average molecular weight is 364 g/mol. The second-order valence-electron chi connectivity index (χ2n) is 5.13. The Balaban J connectivity index is 2.00. The van der Waals surface area contributed by atoms with Crippen molar-refractivity contribution in [2.45, 2.75) is 13.1 Å². The number of amides is 1. The summed E-state index contributed by atoms with van der Waals surface area (Å²) in [5, 5.41) is 3.85. The van der Waals surface area contributed by atoms with Crippen molar-refractivity contribution in [3.05, 3.63) is 58.4 Å². The molecule has 0 spiro atoms. The minimum absolute atomic E-state index is 0.0695. The highest BCUT2D eigenvalue weighted by Gasteiger charge is 2.36. The fraction of sp³-hybridized carbons (Fsp3) is 0.125. The maximum atomic E-state index is 13.4. The lowest BCUT2D eigenvalue weighted by Gasteiger charge is -2.14. The summed E-state index contributed by atoms with van der Waals surface area (Å²) in [6, 6.07) is 4.27. The minimum atomic E-state index is -4.72. The number of aryl methyl sites for hydroxylation is 1. The van der Waals surface area contributed by atoms with Crippen LogP contribution in [0.2, 0.25) is 0 Å². The summed E-state index contributed by atoms with van der Waals surface area (Å²) in [6.45, 7) is 1.78. The van der Waals surface area contributed by atoms with Gasteiger partial charge in [0.1, 0.15) is 0 Å². The minimum Gasteiger partial charge on any atom is -0.318 e. The summed E-state index contributed by atoms with van der Waals surface area (Å²) in [5.41, 5.74) is -0.207. The average Bonchev–Trinajstić information content (AvgIpc) is 3.09. The van der Waals surface area contributed by atoms with Gasteiger partial charge in [0, 0.05) is 29.5 Å². The van der Waals surface area contributed by atoms with Gasteiger partial charge in [-0.3, -0.25) is 9.78 Å². The number of halogens is 3. The number of pyridine rings is 2. The number of nitrogens with one attached hydrogen (secondary N) is 1. The van der Waals surface area contributed by atoms with E-state index in [1.54, 1.807) is 24.6 Å². The Labute approximate surface area is 144 Å². The zero-order valence-electron chi connectivity index (χ0n) is 12.8. The van der Waals surface area contributed by atoms with Gasteiger partial charge in [-0.2, -0.15) is 13.2 Å². The fourth-order valence-corrected chi connectivity index (χ4v) is 2.67. The molecule has 3 aromatic rings. The molecule has 5 nitrogen and oxygen atoms in total. The normalized spacial score (nSPS) is 11.4. The molecular formula is C16H11F3N4OS. The molecule has 0 bridgehead atoms. The van der Waals surface area contributed by atoms with Crippen molar-refractivity contribution in [2.24, 2.45) is 0 Å². The van der Waals surface area contributed by atoms with E-state index in [4.69, 9.17) is 0 Å². The standard InChI is InChI=1S/C16H11F3N4OS/c1-9-6-10(8-20-7-9)11-2-3-12(13(22-11)16(17,18)19)23-14(24)15-21-4-5-25-15/h2-8H,1H3,(H,23,24). The Kier molecular flexibility index (Phi) is 4.49. The highest BCUT2D eigenvalue weighted by molar-refractivity contribution is 7.11. The van der Waals surface area contributed by atoms with Crippen LogP contribution in [0.5, 0.6) is 0 Å². The first-order chi connectivity index (χ1) is 11.8. The van der Waals surface area contributed by atoms with Crippen molar-refractivity contribution >= 4 is 22.9 Å². The molecule has 0 fully saturated rings. The van der Waals surface area contributed by atoms with Gasteiger partial charge in [0.15, 0.2) is 10.7 Å². The molecule has 128 valence electrons. The molecule has 1 amide bonds. The van der Waals surface area contributed by atoms with Gasteiger partial charge < -0.3 is 5.32 Å². The Morgan fingerprint density at radius 1 is 1.24 bits per heavy atom. The predicted octanol–water partition coefficient (Wildman–Crippen LogP) is 4.18. The van der Waals surface area contributed by atoms with Crippen molar-refractivity contribution < 1.29 is 18.0 Å². The highest BCUT2D eigenvalue weighted by atomic mass is 32.1. The van der Waals surface area contributed by atoms with Crippen LogP contribution in [0.1, 0.15) is 21.1 Å². The van der Waals surface area contributed by atoms with Crippen molar-refractivity contribution in [3.8, 4) is 11.3 Å². The molecule has 0 aliphatic rings. The lowest BCUT2D eigenvalue weighted by molar-refractivity contribution is -0.140. The SMILES string of the molecule is Cc1cncc(-c2ccc(NC(=O)c3nccs3)c(C(F)(F)F)n2)c1. The molecule has 3 aromatic heterocycles. The molecule has 1 N–H and O–H groups in total. The van der Waals surface area contributed by atoms with Crippen molar-refractivity contribution in [3.63, 3.8) is 0 Å². The maximum Gasteiger partial charge on any atom is 0.435 e. The molecule has 0 saturated carbocycles. The van der Waals surface area contributed by atoms with E-state index in [0.717, 1.165) is 16.9 Å². The van der Waals surface area contributed by atoms with Crippen LogP contribution < -0.4 is 5.32 Å². The molecule has 0 aromatic carbocycles. The second kappa shape index (κ2) is 6.60.